The molecule has 1 unspecified atom stereocenters. The van der Waals surface area contributed by atoms with Gasteiger partial charge in [0.05, 0.1) is 5.75 Å². The normalized spacial score (nSPS) is 39.3. The first-order valence-corrected chi connectivity index (χ1v) is 8.27. The molecule has 4 nitrogen and oxygen atoms in total. The molecular weight excluding hydrogens is 234 g/mol. The van der Waals surface area contributed by atoms with Gasteiger partial charge >= 0.3 is 0 Å². The summed E-state index contributed by atoms with van der Waals surface area (Å²) in [7, 11) is -3.62. The summed E-state index contributed by atoms with van der Waals surface area (Å²) in [5.41, 5.74) is 0. The van der Waals surface area contributed by atoms with Gasteiger partial charge in [-0.25, -0.2) is 8.42 Å². The molecule has 1 N–H and O–H groups in total. The highest BCUT2D eigenvalue weighted by Crippen LogP contribution is 2.14. The third-order valence-electron chi connectivity index (χ3n) is 2.77. The zero-order chi connectivity index (χ0) is 10.9. The predicted molar refractivity (Wildman–Crippen MR) is 60.7 cm³/mol. The van der Waals surface area contributed by atoms with Crippen molar-refractivity contribution in [3.63, 3.8) is 0 Å². The van der Waals surface area contributed by atoms with Crippen molar-refractivity contribution in [2.45, 2.75) is 24.9 Å². The van der Waals surface area contributed by atoms with E-state index in [1.807, 2.05) is 0 Å². The summed E-state index contributed by atoms with van der Waals surface area (Å²) in [6, 6.07) is 0.275. The quantitative estimate of drug-likeness (QED) is 0.736. The van der Waals surface area contributed by atoms with E-state index in [1.165, 1.54) is 5.41 Å². The fourth-order valence-corrected chi connectivity index (χ4v) is 4.49. The molecule has 0 aromatic rings. The first-order chi connectivity index (χ1) is 7.05. The van der Waals surface area contributed by atoms with Gasteiger partial charge in [0.1, 0.15) is 0 Å². The van der Waals surface area contributed by atoms with E-state index in [0.29, 0.717) is 6.04 Å². The maximum Gasteiger partial charge on any atom is 0.173 e. The first-order valence-electron chi connectivity index (χ1n) is 5.07. The van der Waals surface area contributed by atoms with Gasteiger partial charge in [0, 0.05) is 39.8 Å². The van der Waals surface area contributed by atoms with Crippen molar-refractivity contribution >= 4 is 20.6 Å². The molecule has 0 spiro atoms. The number of sulfone groups is 1. The molecule has 0 radical (unpaired) electrons. The highest BCUT2D eigenvalue weighted by Gasteiger charge is 2.25. The second-order valence-electron chi connectivity index (χ2n) is 4.05. The lowest BCUT2D eigenvalue weighted by Crippen LogP contribution is -2.42. The summed E-state index contributed by atoms with van der Waals surface area (Å²) >= 11 is 0. The standard InChI is InChI=1S/C9H15NO3S2/c11-14-4-1-8(2-5-14)10-9-3-6-15(12,13)7-9/h3,6,8-10H,1-2,4-5,7H2. The van der Waals surface area contributed by atoms with E-state index < -0.39 is 20.6 Å². The van der Waals surface area contributed by atoms with E-state index in [4.69, 9.17) is 0 Å². The van der Waals surface area contributed by atoms with Crippen LogP contribution in [0.1, 0.15) is 12.8 Å². The molecule has 1 fully saturated rings. The van der Waals surface area contributed by atoms with Crippen LogP contribution in [0.4, 0.5) is 0 Å². The van der Waals surface area contributed by atoms with Gasteiger partial charge in [0.25, 0.3) is 0 Å². The van der Waals surface area contributed by atoms with Crippen molar-refractivity contribution in [1.29, 1.82) is 0 Å². The molecule has 0 saturated carbocycles. The lowest BCUT2D eigenvalue weighted by molar-refractivity contribution is 0.455. The number of rotatable bonds is 2. The monoisotopic (exact) mass is 249 g/mol. The Hall–Kier alpha value is -0.200. The summed E-state index contributed by atoms with van der Waals surface area (Å²) in [6.07, 6.45) is 3.48. The first kappa shape index (κ1) is 11.3. The molecule has 2 heterocycles. The van der Waals surface area contributed by atoms with Crippen molar-refractivity contribution in [2.24, 2.45) is 0 Å². The van der Waals surface area contributed by atoms with Gasteiger partial charge in [0.15, 0.2) is 9.84 Å². The molecule has 15 heavy (non-hydrogen) atoms. The van der Waals surface area contributed by atoms with Gasteiger partial charge in [0.2, 0.25) is 0 Å². The molecule has 2 rings (SSSR count). The minimum Gasteiger partial charge on any atom is -0.307 e. The number of hydrogen-bond acceptors (Lipinski definition) is 4. The van der Waals surface area contributed by atoms with E-state index in [-0.39, 0.29) is 11.8 Å². The van der Waals surface area contributed by atoms with Crippen LogP contribution in [0.3, 0.4) is 0 Å². The third kappa shape index (κ3) is 3.12. The van der Waals surface area contributed by atoms with Crippen molar-refractivity contribution in [3.8, 4) is 0 Å². The van der Waals surface area contributed by atoms with Gasteiger partial charge in [-0.2, -0.15) is 0 Å². The SMILES string of the molecule is O=S1CCC(NC2C=CS(=O)(=O)C2)CC1. The smallest absolute Gasteiger partial charge is 0.173 e. The van der Waals surface area contributed by atoms with Crippen molar-refractivity contribution < 1.29 is 12.6 Å². The highest BCUT2D eigenvalue weighted by atomic mass is 32.2. The van der Waals surface area contributed by atoms with Gasteiger partial charge < -0.3 is 5.32 Å². The van der Waals surface area contributed by atoms with E-state index in [9.17, 15) is 12.6 Å². The topological polar surface area (TPSA) is 63.2 Å². The van der Waals surface area contributed by atoms with Crippen LogP contribution in [-0.4, -0.2) is 42.0 Å². The van der Waals surface area contributed by atoms with Crippen LogP contribution >= 0.6 is 0 Å². The molecule has 0 bridgehead atoms. The summed E-state index contributed by atoms with van der Waals surface area (Å²) in [5.74, 6) is 1.65. The van der Waals surface area contributed by atoms with Crippen LogP contribution in [0, 0.1) is 0 Å². The third-order valence-corrected chi connectivity index (χ3v) is 5.55. The second-order valence-corrected chi connectivity index (χ2v) is 7.68. The largest absolute Gasteiger partial charge is 0.307 e. The summed E-state index contributed by atoms with van der Waals surface area (Å²) in [6.45, 7) is 0. The van der Waals surface area contributed by atoms with Crippen LogP contribution in [-0.2, 0) is 20.6 Å². The molecule has 2 aliphatic rings. The van der Waals surface area contributed by atoms with Crippen LogP contribution in [0.25, 0.3) is 0 Å². The van der Waals surface area contributed by atoms with E-state index in [1.54, 1.807) is 6.08 Å². The lowest BCUT2D eigenvalue weighted by atomic mass is 10.1. The maximum atomic E-state index is 11.2. The van der Waals surface area contributed by atoms with Crippen LogP contribution in [0.2, 0.25) is 0 Å². The van der Waals surface area contributed by atoms with Crippen LogP contribution in [0.5, 0.6) is 0 Å². The number of hydrogen-bond donors (Lipinski definition) is 1. The van der Waals surface area contributed by atoms with Crippen LogP contribution < -0.4 is 5.32 Å². The zero-order valence-corrected chi connectivity index (χ0v) is 10.0. The van der Waals surface area contributed by atoms with Crippen LogP contribution in [0.15, 0.2) is 11.5 Å². The van der Waals surface area contributed by atoms with E-state index in [0.717, 1.165) is 24.3 Å². The molecule has 0 aromatic carbocycles. The second kappa shape index (κ2) is 4.35. The summed E-state index contributed by atoms with van der Waals surface area (Å²) in [5, 5.41) is 4.58. The molecule has 2 aliphatic heterocycles. The van der Waals surface area contributed by atoms with Crippen molar-refractivity contribution in [1.82, 2.24) is 5.32 Å². The Morgan fingerprint density at radius 2 is 1.93 bits per heavy atom. The fraction of sp³-hybridized carbons (Fsp3) is 0.778. The summed E-state index contributed by atoms with van der Waals surface area (Å²) < 4.78 is 33.4. The predicted octanol–water partition coefficient (Wildman–Crippen LogP) is -0.202. The molecule has 1 atom stereocenters. The number of nitrogens with one attached hydrogen (secondary N) is 1. The molecule has 0 aliphatic carbocycles. The Balaban J connectivity index is 1.84. The lowest BCUT2D eigenvalue weighted by Gasteiger charge is -2.25. The Bertz CT molecular complexity index is 378. The van der Waals surface area contributed by atoms with E-state index in [2.05, 4.69) is 5.32 Å². The average Bonchev–Trinajstić information content (AvgIpc) is 2.50. The minimum absolute atomic E-state index is 0.0495. The Labute approximate surface area is 92.5 Å². The Morgan fingerprint density at radius 3 is 2.47 bits per heavy atom. The zero-order valence-electron chi connectivity index (χ0n) is 8.39. The Morgan fingerprint density at radius 1 is 1.27 bits per heavy atom. The fourth-order valence-electron chi connectivity index (χ4n) is 1.94. The maximum absolute atomic E-state index is 11.2. The molecule has 0 amide bonds. The van der Waals surface area contributed by atoms with Gasteiger partial charge in [-0.15, -0.1) is 0 Å². The molecule has 86 valence electrons. The molecule has 1 saturated heterocycles. The van der Waals surface area contributed by atoms with Gasteiger partial charge in [-0.1, -0.05) is 6.08 Å². The average molecular weight is 249 g/mol. The highest BCUT2D eigenvalue weighted by molar-refractivity contribution is 7.94. The summed E-state index contributed by atoms with van der Waals surface area (Å²) in [4.78, 5) is 0. The van der Waals surface area contributed by atoms with Crippen molar-refractivity contribution in [3.05, 3.63) is 11.5 Å². The van der Waals surface area contributed by atoms with Crippen molar-refractivity contribution in [2.75, 3.05) is 17.3 Å². The molecular formula is C9H15NO3S2. The van der Waals surface area contributed by atoms with Gasteiger partial charge in [-0.05, 0) is 12.8 Å². The minimum atomic E-state index is -2.96. The Kier molecular flexibility index (Phi) is 3.27. The van der Waals surface area contributed by atoms with E-state index >= 15 is 0 Å². The molecule has 6 heteroatoms. The van der Waals surface area contributed by atoms with Gasteiger partial charge in [-0.3, -0.25) is 4.21 Å². The molecule has 0 aromatic heterocycles.